The molecule has 2 aromatic heterocycles. The van der Waals surface area contributed by atoms with E-state index < -0.39 is 0 Å². The minimum absolute atomic E-state index is 0.549. The SMILES string of the molecule is CNc1nc(-c2ccccc2)c(-c2noc(C)n2)s1. The van der Waals surface area contributed by atoms with Crippen molar-refractivity contribution in [3.8, 4) is 22.0 Å². The van der Waals surface area contributed by atoms with Gasteiger partial charge in [-0.2, -0.15) is 4.98 Å². The maximum atomic E-state index is 5.05. The lowest BCUT2D eigenvalue weighted by molar-refractivity contribution is 0.394. The van der Waals surface area contributed by atoms with Gasteiger partial charge in [-0.25, -0.2) is 4.98 Å². The average molecular weight is 272 g/mol. The van der Waals surface area contributed by atoms with Crippen LogP contribution in [0.4, 0.5) is 5.13 Å². The molecule has 0 aliphatic carbocycles. The first-order chi connectivity index (χ1) is 9.28. The Bertz CT molecular complexity index is 690. The first-order valence-corrected chi connectivity index (χ1v) is 6.64. The zero-order valence-electron chi connectivity index (χ0n) is 10.5. The van der Waals surface area contributed by atoms with Crippen molar-refractivity contribution < 1.29 is 4.52 Å². The van der Waals surface area contributed by atoms with Gasteiger partial charge in [0.2, 0.25) is 11.7 Å². The monoisotopic (exact) mass is 272 g/mol. The van der Waals surface area contributed by atoms with Gasteiger partial charge in [0, 0.05) is 19.5 Å². The molecule has 1 N–H and O–H groups in total. The van der Waals surface area contributed by atoms with Gasteiger partial charge in [-0.3, -0.25) is 0 Å². The molecule has 0 amide bonds. The Labute approximate surface area is 114 Å². The van der Waals surface area contributed by atoms with Crippen LogP contribution in [-0.2, 0) is 0 Å². The minimum atomic E-state index is 0.549. The summed E-state index contributed by atoms with van der Waals surface area (Å²) in [5.74, 6) is 1.13. The molecule has 0 radical (unpaired) electrons. The van der Waals surface area contributed by atoms with E-state index in [1.54, 1.807) is 6.92 Å². The van der Waals surface area contributed by atoms with Crippen LogP contribution in [0.25, 0.3) is 22.0 Å². The topological polar surface area (TPSA) is 63.8 Å². The number of aromatic nitrogens is 3. The summed E-state index contributed by atoms with van der Waals surface area (Å²) in [6.45, 7) is 1.78. The molecule has 0 atom stereocenters. The number of benzene rings is 1. The molecule has 0 bridgehead atoms. The van der Waals surface area contributed by atoms with Crippen molar-refractivity contribution in [2.45, 2.75) is 6.92 Å². The van der Waals surface area contributed by atoms with E-state index in [-0.39, 0.29) is 0 Å². The quantitative estimate of drug-likeness (QED) is 0.793. The molecule has 0 spiro atoms. The fourth-order valence-corrected chi connectivity index (χ4v) is 2.63. The summed E-state index contributed by atoms with van der Waals surface area (Å²) in [5.41, 5.74) is 1.91. The molecule has 0 aliphatic heterocycles. The molecular formula is C13H12N4OS. The number of nitrogens with zero attached hydrogens (tertiary/aromatic N) is 3. The van der Waals surface area contributed by atoms with Crippen LogP contribution in [-0.4, -0.2) is 22.2 Å². The van der Waals surface area contributed by atoms with E-state index in [1.807, 2.05) is 37.4 Å². The second-order valence-corrected chi connectivity index (χ2v) is 4.95. The Morgan fingerprint density at radius 1 is 1.16 bits per heavy atom. The van der Waals surface area contributed by atoms with Gasteiger partial charge in [0.1, 0.15) is 4.88 Å². The van der Waals surface area contributed by atoms with Gasteiger partial charge in [0.05, 0.1) is 5.69 Å². The van der Waals surface area contributed by atoms with Crippen molar-refractivity contribution >= 4 is 16.5 Å². The lowest BCUT2D eigenvalue weighted by atomic mass is 10.1. The standard InChI is InChI=1S/C13H12N4OS/c1-8-15-12(17-18-8)11-10(16-13(14-2)19-11)9-6-4-3-5-7-9/h3-7H,1-2H3,(H,14,16). The van der Waals surface area contributed by atoms with Crippen molar-refractivity contribution in [1.29, 1.82) is 0 Å². The zero-order chi connectivity index (χ0) is 13.2. The molecule has 0 aliphatic rings. The minimum Gasteiger partial charge on any atom is -0.365 e. The highest BCUT2D eigenvalue weighted by Crippen LogP contribution is 2.37. The number of thiazole rings is 1. The van der Waals surface area contributed by atoms with Gasteiger partial charge in [-0.15, -0.1) is 0 Å². The van der Waals surface area contributed by atoms with Gasteiger partial charge in [-0.1, -0.05) is 46.8 Å². The van der Waals surface area contributed by atoms with Crippen LogP contribution in [0.5, 0.6) is 0 Å². The summed E-state index contributed by atoms with van der Waals surface area (Å²) in [4.78, 5) is 9.76. The normalized spacial score (nSPS) is 10.6. The summed E-state index contributed by atoms with van der Waals surface area (Å²) >= 11 is 1.51. The lowest BCUT2D eigenvalue weighted by Gasteiger charge is -1.97. The van der Waals surface area contributed by atoms with Crippen LogP contribution >= 0.6 is 11.3 Å². The Kier molecular flexibility index (Phi) is 3.00. The van der Waals surface area contributed by atoms with Gasteiger partial charge in [-0.05, 0) is 0 Å². The number of aryl methyl sites for hydroxylation is 1. The molecule has 1 aromatic carbocycles. The highest BCUT2D eigenvalue weighted by atomic mass is 32.1. The third-order valence-electron chi connectivity index (χ3n) is 2.62. The van der Waals surface area contributed by atoms with E-state index >= 15 is 0 Å². The second kappa shape index (κ2) is 4.81. The van der Waals surface area contributed by atoms with Crippen molar-refractivity contribution in [2.75, 3.05) is 12.4 Å². The smallest absolute Gasteiger partial charge is 0.223 e. The summed E-state index contributed by atoms with van der Waals surface area (Å²) in [6.07, 6.45) is 0. The fraction of sp³-hybridized carbons (Fsp3) is 0.154. The van der Waals surface area contributed by atoms with E-state index in [4.69, 9.17) is 4.52 Å². The molecular weight excluding hydrogens is 260 g/mol. The molecule has 3 aromatic rings. The Balaban J connectivity index is 2.16. The maximum absolute atomic E-state index is 5.05. The highest BCUT2D eigenvalue weighted by Gasteiger charge is 2.18. The molecule has 3 rings (SSSR count). The number of hydrogen-bond acceptors (Lipinski definition) is 6. The number of rotatable bonds is 3. The van der Waals surface area contributed by atoms with E-state index in [0.717, 1.165) is 21.3 Å². The van der Waals surface area contributed by atoms with Crippen LogP contribution in [0.3, 0.4) is 0 Å². The number of nitrogens with one attached hydrogen (secondary N) is 1. The van der Waals surface area contributed by atoms with Crippen molar-refractivity contribution in [3.63, 3.8) is 0 Å². The van der Waals surface area contributed by atoms with E-state index in [0.29, 0.717) is 11.7 Å². The first-order valence-electron chi connectivity index (χ1n) is 5.82. The Hall–Kier alpha value is -2.21. The second-order valence-electron chi connectivity index (χ2n) is 3.95. The summed E-state index contributed by atoms with van der Waals surface area (Å²) in [7, 11) is 1.85. The highest BCUT2D eigenvalue weighted by molar-refractivity contribution is 7.19. The number of anilines is 1. The maximum Gasteiger partial charge on any atom is 0.223 e. The fourth-order valence-electron chi connectivity index (χ4n) is 1.76. The van der Waals surface area contributed by atoms with E-state index in [2.05, 4.69) is 20.4 Å². The summed E-state index contributed by atoms with van der Waals surface area (Å²) in [5, 5.41) is 7.86. The molecule has 19 heavy (non-hydrogen) atoms. The van der Waals surface area contributed by atoms with Crippen LogP contribution in [0, 0.1) is 6.92 Å². The molecule has 0 fully saturated rings. The summed E-state index contributed by atoms with van der Waals surface area (Å²) < 4.78 is 5.05. The summed E-state index contributed by atoms with van der Waals surface area (Å²) in [6, 6.07) is 9.99. The average Bonchev–Trinajstić information content (AvgIpc) is 3.05. The molecule has 96 valence electrons. The third-order valence-corrected chi connectivity index (χ3v) is 3.69. The Morgan fingerprint density at radius 2 is 1.95 bits per heavy atom. The molecule has 5 nitrogen and oxygen atoms in total. The van der Waals surface area contributed by atoms with Crippen molar-refractivity contribution in [3.05, 3.63) is 36.2 Å². The Morgan fingerprint density at radius 3 is 2.58 bits per heavy atom. The molecule has 6 heteroatoms. The predicted octanol–water partition coefficient (Wildman–Crippen LogP) is 3.21. The van der Waals surface area contributed by atoms with Crippen LogP contribution in [0.15, 0.2) is 34.9 Å². The van der Waals surface area contributed by atoms with Crippen LogP contribution in [0.1, 0.15) is 5.89 Å². The first kappa shape index (κ1) is 11.9. The van der Waals surface area contributed by atoms with Crippen molar-refractivity contribution in [2.24, 2.45) is 0 Å². The van der Waals surface area contributed by atoms with Gasteiger partial charge in [0.15, 0.2) is 5.13 Å². The molecule has 0 unspecified atom stereocenters. The van der Waals surface area contributed by atoms with Gasteiger partial charge >= 0.3 is 0 Å². The van der Waals surface area contributed by atoms with Crippen LogP contribution < -0.4 is 5.32 Å². The third kappa shape index (κ3) is 2.22. The number of hydrogen-bond donors (Lipinski definition) is 1. The molecule has 0 saturated carbocycles. The molecule has 2 heterocycles. The molecule has 0 saturated heterocycles. The van der Waals surface area contributed by atoms with Gasteiger partial charge in [0.25, 0.3) is 0 Å². The van der Waals surface area contributed by atoms with E-state index in [1.165, 1.54) is 11.3 Å². The van der Waals surface area contributed by atoms with E-state index in [9.17, 15) is 0 Å². The largest absolute Gasteiger partial charge is 0.365 e. The van der Waals surface area contributed by atoms with Gasteiger partial charge < -0.3 is 9.84 Å². The predicted molar refractivity (Wildman–Crippen MR) is 75.1 cm³/mol. The lowest BCUT2D eigenvalue weighted by Crippen LogP contribution is -1.86. The van der Waals surface area contributed by atoms with Crippen LogP contribution in [0.2, 0.25) is 0 Å². The van der Waals surface area contributed by atoms with Crippen molar-refractivity contribution in [1.82, 2.24) is 15.1 Å². The zero-order valence-corrected chi connectivity index (χ0v) is 11.4.